The topological polar surface area (TPSA) is 59.2 Å². The lowest BCUT2D eigenvalue weighted by atomic mass is 9.84. The third-order valence-corrected chi connectivity index (χ3v) is 5.51. The molecule has 24 heavy (non-hydrogen) atoms. The van der Waals surface area contributed by atoms with Crippen molar-refractivity contribution in [2.75, 3.05) is 6.54 Å². The van der Waals surface area contributed by atoms with Crippen LogP contribution < -0.4 is 5.73 Å². The predicted molar refractivity (Wildman–Crippen MR) is 100 cm³/mol. The summed E-state index contributed by atoms with van der Waals surface area (Å²) in [6, 6.07) is 10.3. The van der Waals surface area contributed by atoms with Gasteiger partial charge in [-0.2, -0.15) is 0 Å². The molecule has 1 fully saturated rings. The molecule has 0 saturated heterocycles. The zero-order valence-corrected chi connectivity index (χ0v) is 15.5. The van der Waals surface area contributed by atoms with Crippen molar-refractivity contribution in [2.24, 2.45) is 11.7 Å². The van der Waals surface area contributed by atoms with E-state index in [0.717, 1.165) is 17.1 Å². The smallest absolute Gasteiger partial charge is 0.273 e. The fourth-order valence-corrected chi connectivity index (χ4v) is 3.58. The molecule has 4 nitrogen and oxygen atoms in total. The first-order valence-electron chi connectivity index (χ1n) is 8.19. The van der Waals surface area contributed by atoms with E-state index >= 15 is 0 Å². The average molecular weight is 366 g/mol. The Labute approximate surface area is 153 Å². The number of amides is 1. The second-order valence-corrected chi connectivity index (χ2v) is 7.11. The molecule has 1 atom stereocenters. The molecular weight excluding hydrogens is 342 g/mol. The van der Waals surface area contributed by atoms with Crippen molar-refractivity contribution < 1.29 is 4.79 Å². The second kappa shape index (κ2) is 8.60. The van der Waals surface area contributed by atoms with E-state index in [9.17, 15) is 4.79 Å². The first-order chi connectivity index (χ1) is 11.2. The first-order valence-corrected chi connectivity index (χ1v) is 9.07. The number of benzene rings is 1. The molecule has 2 N–H and O–H groups in total. The number of nitrogens with zero attached hydrogens (tertiary/aromatic N) is 2. The third-order valence-electron chi connectivity index (χ3n) is 4.64. The van der Waals surface area contributed by atoms with Crippen molar-refractivity contribution in [1.29, 1.82) is 0 Å². The Bertz CT molecular complexity index is 657. The van der Waals surface area contributed by atoms with E-state index in [2.05, 4.69) is 24.0 Å². The van der Waals surface area contributed by atoms with Gasteiger partial charge in [-0.3, -0.25) is 4.79 Å². The Morgan fingerprint density at radius 2 is 2.08 bits per heavy atom. The van der Waals surface area contributed by atoms with Crippen LogP contribution in [0.25, 0.3) is 0 Å². The molecule has 6 heteroatoms. The van der Waals surface area contributed by atoms with Gasteiger partial charge in [-0.05, 0) is 31.2 Å². The maximum absolute atomic E-state index is 13.0. The van der Waals surface area contributed by atoms with Crippen LogP contribution in [0.5, 0.6) is 0 Å². The van der Waals surface area contributed by atoms with E-state index in [4.69, 9.17) is 5.73 Å². The highest BCUT2D eigenvalue weighted by Crippen LogP contribution is 2.31. The van der Waals surface area contributed by atoms with E-state index in [0.29, 0.717) is 18.2 Å². The van der Waals surface area contributed by atoms with Crippen molar-refractivity contribution in [1.82, 2.24) is 9.88 Å². The van der Waals surface area contributed by atoms with Crippen LogP contribution in [0.15, 0.2) is 35.7 Å². The lowest BCUT2D eigenvalue weighted by molar-refractivity contribution is 0.0608. The maximum atomic E-state index is 13.0. The summed E-state index contributed by atoms with van der Waals surface area (Å²) in [5.41, 5.74) is 7.31. The summed E-state index contributed by atoms with van der Waals surface area (Å²) in [6.45, 7) is 3.29. The monoisotopic (exact) mass is 365 g/mol. The van der Waals surface area contributed by atoms with Crippen LogP contribution in [0.4, 0.5) is 0 Å². The van der Waals surface area contributed by atoms with Crippen molar-refractivity contribution in [3.63, 3.8) is 0 Å². The van der Waals surface area contributed by atoms with Crippen LogP contribution in [0.2, 0.25) is 0 Å². The number of carbonyl (C=O) groups is 1. The lowest BCUT2D eigenvalue weighted by Crippen LogP contribution is -2.39. The van der Waals surface area contributed by atoms with Gasteiger partial charge < -0.3 is 10.6 Å². The minimum atomic E-state index is 0. The van der Waals surface area contributed by atoms with Crippen LogP contribution in [0.1, 0.15) is 53.3 Å². The molecule has 1 amide bonds. The summed E-state index contributed by atoms with van der Waals surface area (Å²) in [7, 11) is 0. The summed E-state index contributed by atoms with van der Waals surface area (Å²) in [6.07, 6.45) is 3.72. The van der Waals surface area contributed by atoms with E-state index in [1.165, 1.54) is 30.6 Å². The van der Waals surface area contributed by atoms with Crippen LogP contribution >= 0.6 is 23.7 Å². The van der Waals surface area contributed by atoms with Crippen LogP contribution in [-0.4, -0.2) is 22.3 Å². The third kappa shape index (κ3) is 4.15. The summed E-state index contributed by atoms with van der Waals surface area (Å²) in [5.74, 6) is 0.641. The zero-order valence-electron chi connectivity index (χ0n) is 13.9. The molecule has 3 rings (SSSR count). The molecule has 2 aromatic rings. The van der Waals surface area contributed by atoms with Crippen molar-refractivity contribution >= 4 is 29.7 Å². The average Bonchev–Trinajstić information content (AvgIpc) is 3.03. The highest BCUT2D eigenvalue weighted by molar-refractivity contribution is 7.09. The highest BCUT2D eigenvalue weighted by atomic mass is 35.5. The quantitative estimate of drug-likeness (QED) is 0.840. The number of thiazole rings is 1. The minimum absolute atomic E-state index is 0. The van der Waals surface area contributed by atoms with E-state index in [1.54, 1.807) is 0 Å². The molecule has 1 aromatic carbocycles. The number of hydrogen-bond acceptors (Lipinski definition) is 4. The molecule has 1 saturated carbocycles. The SMILES string of the molecule is CC(c1ccccc1)N(CC1CCC1)C(=O)c1csc(CN)n1.Cl. The van der Waals surface area contributed by atoms with Gasteiger partial charge in [-0.1, -0.05) is 36.8 Å². The van der Waals surface area contributed by atoms with Gasteiger partial charge in [0.1, 0.15) is 10.7 Å². The Kier molecular flexibility index (Phi) is 6.78. The first kappa shape index (κ1) is 18.9. The highest BCUT2D eigenvalue weighted by Gasteiger charge is 2.29. The standard InChI is InChI=1S/C18H23N3OS.ClH/c1-13(15-8-3-2-4-9-15)21(11-14-6-5-7-14)18(22)16-12-23-17(10-19)20-16;/h2-4,8-9,12-14H,5-7,10-11,19H2,1H3;1H. The molecular formula is C18H24ClN3OS. The van der Waals surface area contributed by atoms with Crippen molar-refractivity contribution in [2.45, 2.75) is 38.8 Å². The van der Waals surface area contributed by atoms with Gasteiger partial charge in [0.25, 0.3) is 5.91 Å². The zero-order chi connectivity index (χ0) is 16.2. The van der Waals surface area contributed by atoms with Gasteiger partial charge in [0, 0.05) is 18.5 Å². The molecule has 0 spiro atoms. The van der Waals surface area contributed by atoms with Crippen molar-refractivity contribution in [3.8, 4) is 0 Å². The summed E-state index contributed by atoms with van der Waals surface area (Å²) >= 11 is 1.46. The summed E-state index contributed by atoms with van der Waals surface area (Å²) in [5, 5.41) is 2.64. The van der Waals surface area contributed by atoms with Gasteiger partial charge in [0.15, 0.2) is 0 Å². The van der Waals surface area contributed by atoms with E-state index in [1.807, 2.05) is 28.5 Å². The van der Waals surface area contributed by atoms with Crippen LogP contribution in [-0.2, 0) is 6.54 Å². The molecule has 0 aliphatic heterocycles. The van der Waals surface area contributed by atoms with Gasteiger partial charge in [0.2, 0.25) is 0 Å². The summed E-state index contributed by atoms with van der Waals surface area (Å²) in [4.78, 5) is 19.4. The number of rotatable bonds is 6. The predicted octanol–water partition coefficient (Wildman–Crippen LogP) is 4.03. The Hall–Kier alpha value is -1.43. The van der Waals surface area contributed by atoms with Gasteiger partial charge in [-0.15, -0.1) is 23.7 Å². The Morgan fingerprint density at radius 1 is 1.38 bits per heavy atom. The number of aromatic nitrogens is 1. The van der Waals surface area contributed by atoms with Crippen LogP contribution in [0.3, 0.4) is 0 Å². The number of nitrogens with two attached hydrogens (primary N) is 1. The molecule has 1 heterocycles. The molecule has 1 aliphatic rings. The van der Waals surface area contributed by atoms with Gasteiger partial charge in [-0.25, -0.2) is 4.98 Å². The Balaban J connectivity index is 0.00000208. The number of halogens is 1. The molecule has 0 radical (unpaired) electrons. The minimum Gasteiger partial charge on any atom is -0.330 e. The van der Waals surface area contributed by atoms with E-state index < -0.39 is 0 Å². The molecule has 1 aliphatic carbocycles. The molecule has 130 valence electrons. The summed E-state index contributed by atoms with van der Waals surface area (Å²) < 4.78 is 0. The number of hydrogen-bond donors (Lipinski definition) is 1. The maximum Gasteiger partial charge on any atom is 0.273 e. The van der Waals surface area contributed by atoms with Crippen molar-refractivity contribution in [3.05, 3.63) is 52.0 Å². The van der Waals surface area contributed by atoms with E-state index in [-0.39, 0.29) is 24.4 Å². The Morgan fingerprint density at radius 3 is 2.62 bits per heavy atom. The van der Waals surface area contributed by atoms with Crippen LogP contribution in [0, 0.1) is 5.92 Å². The second-order valence-electron chi connectivity index (χ2n) is 6.17. The number of carbonyl (C=O) groups excluding carboxylic acids is 1. The lowest BCUT2D eigenvalue weighted by Gasteiger charge is -2.36. The molecule has 1 unspecified atom stereocenters. The van der Waals surface area contributed by atoms with Gasteiger partial charge in [0.05, 0.1) is 6.04 Å². The fourth-order valence-electron chi connectivity index (χ4n) is 2.93. The normalized spacial score (nSPS) is 15.2. The van der Waals surface area contributed by atoms with Gasteiger partial charge >= 0.3 is 0 Å². The largest absolute Gasteiger partial charge is 0.330 e. The molecule has 1 aromatic heterocycles. The molecule has 0 bridgehead atoms. The fraction of sp³-hybridized carbons (Fsp3) is 0.444.